The summed E-state index contributed by atoms with van der Waals surface area (Å²) in [5.41, 5.74) is 2.44. The van der Waals surface area contributed by atoms with Crippen molar-refractivity contribution in [2.24, 2.45) is 0 Å². The average molecular weight is 228 g/mol. The van der Waals surface area contributed by atoms with Gasteiger partial charge in [-0.3, -0.25) is 0 Å². The van der Waals surface area contributed by atoms with Crippen LogP contribution in [0.1, 0.15) is 11.1 Å². The van der Waals surface area contributed by atoms with Gasteiger partial charge in [-0.25, -0.2) is 4.21 Å². The maximum absolute atomic E-state index is 12.4. The summed E-state index contributed by atoms with van der Waals surface area (Å²) >= 11 is 0. The summed E-state index contributed by atoms with van der Waals surface area (Å²) in [6.07, 6.45) is 1.97. The van der Waals surface area contributed by atoms with E-state index >= 15 is 0 Å². The van der Waals surface area contributed by atoms with Crippen LogP contribution in [0.25, 0.3) is 0 Å². The molecule has 1 aliphatic rings. The molecule has 0 radical (unpaired) electrons. The van der Waals surface area contributed by atoms with Gasteiger partial charge in [0.05, 0.1) is 10.8 Å². The fourth-order valence-electron chi connectivity index (χ4n) is 2.17. The highest BCUT2D eigenvalue weighted by Gasteiger charge is 2.18. The van der Waals surface area contributed by atoms with Crippen LogP contribution in [0.5, 0.6) is 0 Å². The van der Waals surface area contributed by atoms with Crippen molar-refractivity contribution < 1.29 is 4.21 Å². The van der Waals surface area contributed by atoms with E-state index < -0.39 is 10.8 Å². The summed E-state index contributed by atoms with van der Waals surface area (Å²) in [6, 6.07) is 16.1. The average Bonchev–Trinajstić information content (AvgIpc) is 2.49. The monoisotopic (exact) mass is 228 g/mol. The van der Waals surface area contributed by atoms with Crippen LogP contribution in [0.4, 0.5) is 0 Å². The molecular weight excluding hydrogens is 216 g/mol. The Morgan fingerprint density at radius 1 is 0.750 bits per heavy atom. The normalized spacial score (nSPS) is 15.0. The van der Waals surface area contributed by atoms with Gasteiger partial charge in [0.1, 0.15) is 0 Å². The third kappa shape index (κ3) is 1.50. The topological polar surface area (TPSA) is 17.1 Å². The van der Waals surface area contributed by atoms with Crippen molar-refractivity contribution in [2.75, 3.05) is 0 Å². The van der Waals surface area contributed by atoms with Crippen molar-refractivity contribution in [1.29, 1.82) is 0 Å². The fourth-order valence-corrected chi connectivity index (χ4v) is 3.63. The van der Waals surface area contributed by atoms with Crippen LogP contribution in [0.3, 0.4) is 0 Å². The first-order valence-electron chi connectivity index (χ1n) is 5.44. The molecule has 1 heterocycles. The molecule has 0 bridgehead atoms. The van der Waals surface area contributed by atoms with Gasteiger partial charge in [0.2, 0.25) is 0 Å². The van der Waals surface area contributed by atoms with Crippen LogP contribution in [0.2, 0.25) is 0 Å². The van der Waals surface area contributed by atoms with Crippen LogP contribution in [-0.4, -0.2) is 4.21 Å². The van der Waals surface area contributed by atoms with Crippen LogP contribution < -0.4 is 0 Å². The molecular formula is C14H12OS. The Morgan fingerprint density at radius 3 is 1.69 bits per heavy atom. The smallest absolute Gasteiger partial charge is 0.0855 e. The number of benzene rings is 2. The second-order valence-electron chi connectivity index (χ2n) is 3.98. The minimum absolute atomic E-state index is 0.979. The molecule has 1 aliphatic heterocycles. The van der Waals surface area contributed by atoms with Gasteiger partial charge >= 0.3 is 0 Å². The lowest BCUT2D eigenvalue weighted by Crippen LogP contribution is -1.95. The van der Waals surface area contributed by atoms with Gasteiger partial charge in [0.25, 0.3) is 0 Å². The van der Waals surface area contributed by atoms with E-state index in [1.165, 1.54) is 11.1 Å². The molecule has 0 aromatic heterocycles. The van der Waals surface area contributed by atoms with E-state index in [1.54, 1.807) is 0 Å². The van der Waals surface area contributed by atoms with Crippen molar-refractivity contribution in [2.45, 2.75) is 22.6 Å². The Kier molecular flexibility index (Phi) is 2.37. The number of fused-ring (bicyclic) bond motifs is 2. The molecule has 0 fully saturated rings. The number of rotatable bonds is 0. The molecule has 1 nitrogen and oxygen atoms in total. The summed E-state index contributed by atoms with van der Waals surface area (Å²) < 4.78 is 12.4. The molecule has 0 aliphatic carbocycles. The first kappa shape index (κ1) is 9.79. The maximum Gasteiger partial charge on any atom is 0.0855 e. The molecule has 2 aromatic rings. The Hall–Kier alpha value is -1.41. The Labute approximate surface area is 97.6 Å². The van der Waals surface area contributed by atoms with Gasteiger partial charge < -0.3 is 0 Å². The van der Waals surface area contributed by atoms with E-state index in [9.17, 15) is 4.21 Å². The van der Waals surface area contributed by atoms with E-state index in [0.29, 0.717) is 0 Å². The minimum atomic E-state index is -1.01. The lowest BCUT2D eigenvalue weighted by molar-refractivity contribution is 0.682. The molecule has 0 spiro atoms. The van der Waals surface area contributed by atoms with Crippen LogP contribution in [0.15, 0.2) is 58.3 Å². The molecule has 0 saturated carbocycles. The predicted molar refractivity (Wildman–Crippen MR) is 65.0 cm³/mol. The van der Waals surface area contributed by atoms with Crippen molar-refractivity contribution in [3.8, 4) is 0 Å². The summed E-state index contributed by atoms with van der Waals surface area (Å²) in [4.78, 5) is 1.96. The third-order valence-corrected chi connectivity index (χ3v) is 4.60. The zero-order valence-corrected chi connectivity index (χ0v) is 9.67. The summed E-state index contributed by atoms with van der Waals surface area (Å²) in [6.45, 7) is 0. The van der Waals surface area contributed by atoms with E-state index in [4.69, 9.17) is 0 Å². The second-order valence-corrected chi connectivity index (χ2v) is 5.40. The molecule has 0 unspecified atom stereocenters. The van der Waals surface area contributed by atoms with E-state index in [0.717, 1.165) is 22.6 Å². The lowest BCUT2D eigenvalue weighted by atomic mass is 10.0. The van der Waals surface area contributed by atoms with Gasteiger partial charge in [-0.05, 0) is 36.1 Å². The summed E-state index contributed by atoms with van der Waals surface area (Å²) in [7, 11) is -1.01. The zero-order chi connectivity index (χ0) is 11.0. The molecule has 0 N–H and O–H groups in total. The van der Waals surface area contributed by atoms with Crippen molar-refractivity contribution in [3.05, 3.63) is 59.7 Å². The predicted octanol–water partition coefficient (Wildman–Crippen LogP) is 2.95. The van der Waals surface area contributed by atoms with Crippen LogP contribution in [-0.2, 0) is 23.6 Å². The standard InChI is InChI=1S/C14H12OS/c15-16-13-7-3-1-5-11(13)9-10-12-6-2-4-8-14(12)16/h1-8H,9-10H2. The highest BCUT2D eigenvalue weighted by atomic mass is 32.2. The maximum atomic E-state index is 12.4. The Balaban J connectivity index is 2.22. The van der Waals surface area contributed by atoms with Gasteiger partial charge in [-0.1, -0.05) is 36.4 Å². The van der Waals surface area contributed by atoms with Crippen molar-refractivity contribution in [3.63, 3.8) is 0 Å². The molecule has 3 rings (SSSR count). The number of hydrogen-bond acceptors (Lipinski definition) is 1. The third-order valence-electron chi connectivity index (χ3n) is 3.01. The molecule has 0 saturated heterocycles. The Bertz CT molecular complexity index is 511. The van der Waals surface area contributed by atoms with Crippen molar-refractivity contribution >= 4 is 10.8 Å². The summed E-state index contributed by atoms with van der Waals surface area (Å²) in [5.74, 6) is 0. The largest absolute Gasteiger partial charge is 0.249 e. The number of hydrogen-bond donors (Lipinski definition) is 0. The highest BCUT2D eigenvalue weighted by Crippen LogP contribution is 2.28. The first-order valence-corrected chi connectivity index (χ1v) is 6.59. The highest BCUT2D eigenvalue weighted by molar-refractivity contribution is 7.85. The van der Waals surface area contributed by atoms with Gasteiger partial charge in [0.15, 0.2) is 0 Å². The quantitative estimate of drug-likeness (QED) is 0.677. The minimum Gasteiger partial charge on any atom is -0.249 e. The fraction of sp³-hybridized carbons (Fsp3) is 0.143. The second kappa shape index (κ2) is 3.87. The van der Waals surface area contributed by atoms with Crippen molar-refractivity contribution in [1.82, 2.24) is 0 Å². The molecule has 2 aromatic carbocycles. The molecule has 2 heteroatoms. The van der Waals surface area contributed by atoms with Gasteiger partial charge in [-0.2, -0.15) is 0 Å². The van der Waals surface area contributed by atoms with Gasteiger partial charge in [0, 0.05) is 9.79 Å². The lowest BCUT2D eigenvalue weighted by Gasteiger charge is -2.04. The SMILES string of the molecule is O=S1c2ccccc2CCc2ccccc21. The molecule has 0 amide bonds. The molecule has 80 valence electrons. The first-order chi connectivity index (χ1) is 7.86. The van der Waals surface area contributed by atoms with E-state index in [2.05, 4.69) is 12.1 Å². The number of aryl methyl sites for hydroxylation is 2. The molecule has 16 heavy (non-hydrogen) atoms. The zero-order valence-electron chi connectivity index (χ0n) is 8.85. The summed E-state index contributed by atoms with van der Waals surface area (Å²) in [5, 5.41) is 0. The molecule has 0 atom stereocenters. The van der Waals surface area contributed by atoms with Crippen LogP contribution in [0, 0.1) is 0 Å². The van der Waals surface area contributed by atoms with E-state index in [1.807, 2.05) is 36.4 Å². The van der Waals surface area contributed by atoms with E-state index in [-0.39, 0.29) is 0 Å². The van der Waals surface area contributed by atoms with Crippen LogP contribution >= 0.6 is 0 Å². The van der Waals surface area contributed by atoms with Gasteiger partial charge in [-0.15, -0.1) is 0 Å². The Morgan fingerprint density at radius 2 is 1.19 bits per heavy atom.